The molecule has 0 aliphatic rings. The minimum atomic E-state index is -0.0337. The molecule has 132 valence electrons. The van der Waals surface area contributed by atoms with Crippen molar-refractivity contribution in [3.05, 3.63) is 77.6 Å². The molecule has 0 fully saturated rings. The molecule has 4 rings (SSSR count). The summed E-state index contributed by atoms with van der Waals surface area (Å²) < 4.78 is 5.09. The van der Waals surface area contributed by atoms with E-state index in [1.807, 2.05) is 41.2 Å². The fourth-order valence-electron chi connectivity index (χ4n) is 3.10. The highest BCUT2D eigenvalue weighted by Crippen LogP contribution is 2.25. The molecular formula is C20H20N4OS. The molecule has 1 aromatic carbocycles. The van der Waals surface area contributed by atoms with E-state index in [1.54, 1.807) is 17.5 Å². The van der Waals surface area contributed by atoms with Gasteiger partial charge in [-0.2, -0.15) is 5.10 Å². The molecule has 0 aliphatic heterocycles. The molecule has 0 bridgehead atoms. The Morgan fingerprint density at radius 3 is 2.81 bits per heavy atom. The van der Waals surface area contributed by atoms with E-state index in [2.05, 4.69) is 38.6 Å². The first-order valence-corrected chi connectivity index (χ1v) is 9.55. The fraction of sp³-hybridized carbons (Fsp3) is 0.200. The Balaban J connectivity index is 1.48. The van der Waals surface area contributed by atoms with Gasteiger partial charge in [0, 0.05) is 25.5 Å². The molecule has 26 heavy (non-hydrogen) atoms. The first-order chi connectivity index (χ1) is 12.8. The van der Waals surface area contributed by atoms with Gasteiger partial charge in [-0.3, -0.25) is 9.48 Å². The van der Waals surface area contributed by atoms with Crippen LogP contribution in [0.3, 0.4) is 0 Å². The van der Waals surface area contributed by atoms with E-state index in [-0.39, 0.29) is 5.91 Å². The summed E-state index contributed by atoms with van der Waals surface area (Å²) in [7, 11) is 0. The molecule has 1 amide bonds. The van der Waals surface area contributed by atoms with Gasteiger partial charge in [-0.25, -0.2) is 0 Å². The van der Waals surface area contributed by atoms with Gasteiger partial charge in [0.2, 0.25) is 0 Å². The number of aromatic nitrogens is 3. The van der Waals surface area contributed by atoms with Crippen LogP contribution < -0.4 is 5.32 Å². The van der Waals surface area contributed by atoms with Crippen LogP contribution in [0.2, 0.25) is 0 Å². The molecule has 0 aliphatic carbocycles. The predicted molar refractivity (Wildman–Crippen MR) is 105 cm³/mol. The van der Waals surface area contributed by atoms with Crippen LogP contribution in [0.4, 0.5) is 0 Å². The summed E-state index contributed by atoms with van der Waals surface area (Å²) in [5.41, 5.74) is 3.13. The quantitative estimate of drug-likeness (QED) is 0.545. The number of nitrogens with zero attached hydrogens (tertiary/aromatic N) is 3. The topological polar surface area (TPSA) is 51.9 Å². The number of carbonyl (C=O) groups excluding carboxylic acids is 1. The van der Waals surface area contributed by atoms with Gasteiger partial charge >= 0.3 is 0 Å². The van der Waals surface area contributed by atoms with E-state index in [9.17, 15) is 4.79 Å². The highest BCUT2D eigenvalue weighted by molar-refractivity contribution is 7.17. The first-order valence-electron chi connectivity index (χ1n) is 8.67. The molecule has 0 saturated carbocycles. The summed E-state index contributed by atoms with van der Waals surface area (Å²) in [6.45, 7) is 2.00. The number of hydrogen-bond donors (Lipinski definition) is 1. The van der Waals surface area contributed by atoms with E-state index in [0.717, 1.165) is 28.9 Å². The molecule has 4 aromatic rings. The van der Waals surface area contributed by atoms with E-state index >= 15 is 0 Å². The molecular weight excluding hydrogens is 344 g/mol. The smallest absolute Gasteiger partial charge is 0.268 e. The van der Waals surface area contributed by atoms with Crippen molar-refractivity contribution >= 4 is 27.5 Å². The Morgan fingerprint density at radius 1 is 1.12 bits per heavy atom. The molecule has 5 nitrogen and oxygen atoms in total. The van der Waals surface area contributed by atoms with Crippen LogP contribution in [0.5, 0.6) is 0 Å². The molecule has 3 aromatic heterocycles. The monoisotopic (exact) mass is 364 g/mol. The number of benzene rings is 1. The zero-order valence-corrected chi connectivity index (χ0v) is 15.2. The van der Waals surface area contributed by atoms with Gasteiger partial charge in [-0.05, 0) is 35.6 Å². The molecule has 0 saturated heterocycles. The molecule has 0 unspecified atom stereocenters. The second-order valence-electron chi connectivity index (χ2n) is 6.11. The lowest BCUT2D eigenvalue weighted by Gasteiger charge is -2.11. The maximum Gasteiger partial charge on any atom is 0.268 e. The van der Waals surface area contributed by atoms with Gasteiger partial charge in [-0.15, -0.1) is 11.3 Å². The zero-order chi connectivity index (χ0) is 17.8. The lowest BCUT2D eigenvalue weighted by Crippen LogP contribution is -2.29. The van der Waals surface area contributed by atoms with Crippen LogP contribution in [0.1, 0.15) is 16.1 Å². The number of fused-ring (bicyclic) bond motifs is 1. The van der Waals surface area contributed by atoms with Gasteiger partial charge in [0.15, 0.2) is 0 Å². The van der Waals surface area contributed by atoms with E-state index in [0.29, 0.717) is 13.1 Å². The second-order valence-corrected chi connectivity index (χ2v) is 7.06. The Labute approximate surface area is 155 Å². The summed E-state index contributed by atoms with van der Waals surface area (Å²) in [4.78, 5) is 12.7. The minimum Gasteiger partial charge on any atom is -0.349 e. The standard InChI is InChI=1S/C20H20N4OS/c25-20(21-10-13-23-11-4-9-22-23)18-15-19-17(8-14-26-19)24(18)12-7-16-5-2-1-3-6-16/h1-6,8-9,11,14-15H,7,10,12-13H2,(H,21,25). The van der Waals surface area contributed by atoms with Crippen LogP contribution in [0.25, 0.3) is 10.2 Å². The number of hydrogen-bond acceptors (Lipinski definition) is 3. The van der Waals surface area contributed by atoms with Crippen molar-refractivity contribution < 1.29 is 4.79 Å². The van der Waals surface area contributed by atoms with Crippen molar-refractivity contribution in [2.24, 2.45) is 0 Å². The summed E-state index contributed by atoms with van der Waals surface area (Å²) in [5, 5.41) is 9.24. The number of amides is 1. The van der Waals surface area contributed by atoms with E-state index < -0.39 is 0 Å². The molecule has 1 N–H and O–H groups in total. The number of rotatable bonds is 7. The van der Waals surface area contributed by atoms with Crippen molar-refractivity contribution in [1.29, 1.82) is 0 Å². The van der Waals surface area contributed by atoms with Crippen LogP contribution in [-0.2, 0) is 19.5 Å². The lowest BCUT2D eigenvalue weighted by molar-refractivity contribution is 0.0943. The van der Waals surface area contributed by atoms with Crippen molar-refractivity contribution in [3.63, 3.8) is 0 Å². The average molecular weight is 364 g/mol. The number of carbonyl (C=O) groups is 1. The highest BCUT2D eigenvalue weighted by Gasteiger charge is 2.16. The molecule has 0 radical (unpaired) electrons. The van der Waals surface area contributed by atoms with Crippen molar-refractivity contribution in [2.75, 3.05) is 6.54 Å². The van der Waals surface area contributed by atoms with Crippen LogP contribution >= 0.6 is 11.3 Å². The maximum absolute atomic E-state index is 12.7. The number of thiophene rings is 1. The molecule has 3 heterocycles. The van der Waals surface area contributed by atoms with Crippen LogP contribution in [0, 0.1) is 0 Å². The van der Waals surface area contributed by atoms with E-state index in [4.69, 9.17) is 0 Å². The highest BCUT2D eigenvalue weighted by atomic mass is 32.1. The summed E-state index contributed by atoms with van der Waals surface area (Å²) in [6.07, 6.45) is 4.53. The van der Waals surface area contributed by atoms with Gasteiger partial charge in [0.1, 0.15) is 5.69 Å². The Kier molecular flexibility index (Phi) is 4.84. The fourth-order valence-corrected chi connectivity index (χ4v) is 3.92. The summed E-state index contributed by atoms with van der Waals surface area (Å²) in [6, 6.07) is 16.3. The van der Waals surface area contributed by atoms with Gasteiger partial charge in [-0.1, -0.05) is 30.3 Å². The Hall–Kier alpha value is -2.86. The number of nitrogens with one attached hydrogen (secondary N) is 1. The summed E-state index contributed by atoms with van der Waals surface area (Å²) >= 11 is 1.67. The first kappa shape index (κ1) is 16.6. The molecule has 0 atom stereocenters. The summed E-state index contributed by atoms with van der Waals surface area (Å²) in [5.74, 6) is -0.0337. The third-order valence-corrected chi connectivity index (χ3v) is 5.26. The van der Waals surface area contributed by atoms with Crippen LogP contribution in [-0.4, -0.2) is 26.8 Å². The Morgan fingerprint density at radius 2 is 2.00 bits per heavy atom. The van der Waals surface area contributed by atoms with Crippen molar-refractivity contribution in [3.8, 4) is 0 Å². The van der Waals surface area contributed by atoms with Crippen molar-refractivity contribution in [2.45, 2.75) is 19.5 Å². The van der Waals surface area contributed by atoms with E-state index in [1.165, 1.54) is 5.56 Å². The largest absolute Gasteiger partial charge is 0.349 e. The predicted octanol–water partition coefficient (Wildman–Crippen LogP) is 3.57. The third-order valence-electron chi connectivity index (χ3n) is 4.41. The zero-order valence-electron chi connectivity index (χ0n) is 14.3. The van der Waals surface area contributed by atoms with Crippen molar-refractivity contribution in [1.82, 2.24) is 19.7 Å². The van der Waals surface area contributed by atoms with Gasteiger partial charge in [0.25, 0.3) is 5.91 Å². The maximum atomic E-state index is 12.7. The second kappa shape index (κ2) is 7.58. The Bertz CT molecular complexity index is 986. The lowest BCUT2D eigenvalue weighted by atomic mass is 10.1. The molecule has 0 spiro atoms. The minimum absolute atomic E-state index is 0.0337. The average Bonchev–Trinajstić information content (AvgIpc) is 3.38. The molecule has 6 heteroatoms. The van der Waals surface area contributed by atoms with Crippen LogP contribution in [0.15, 0.2) is 66.3 Å². The van der Waals surface area contributed by atoms with Gasteiger partial charge in [0.05, 0.1) is 16.8 Å². The van der Waals surface area contributed by atoms with Gasteiger partial charge < -0.3 is 9.88 Å². The number of aryl methyl sites for hydroxylation is 2. The normalized spacial score (nSPS) is 11.1. The third kappa shape index (κ3) is 3.55. The SMILES string of the molecule is O=C(NCCn1cccn1)c1cc2sccc2n1CCc1ccccc1.